The Morgan fingerprint density at radius 1 is 0.839 bits per heavy atom. The fourth-order valence-corrected chi connectivity index (χ4v) is 6.31. The van der Waals surface area contributed by atoms with Crippen molar-refractivity contribution in [1.29, 1.82) is 0 Å². The lowest BCUT2D eigenvalue weighted by molar-refractivity contribution is -0.950. The molecule has 0 N–H and O–H groups in total. The number of nitrogens with zero attached hydrogens (tertiary/aromatic N) is 4. The third kappa shape index (κ3) is 1.30. The molecule has 0 saturated heterocycles. The maximum absolute atomic E-state index is 6.54. The van der Waals surface area contributed by atoms with Crippen LogP contribution in [0.25, 0.3) is 38.7 Å². The number of aromatic nitrogens is 4. The summed E-state index contributed by atoms with van der Waals surface area (Å²) in [7, 11) is 0. The van der Waals surface area contributed by atoms with Crippen molar-refractivity contribution < 1.29 is 13.9 Å². The molecule has 5 heteroatoms. The maximum atomic E-state index is 6.54. The van der Waals surface area contributed by atoms with Gasteiger partial charge in [-0.05, 0) is 42.5 Å². The van der Waals surface area contributed by atoms with Gasteiger partial charge >= 0.3 is 11.3 Å². The highest BCUT2D eigenvalue weighted by molar-refractivity contribution is 6.12. The van der Waals surface area contributed by atoms with Crippen molar-refractivity contribution in [3.63, 3.8) is 0 Å². The molecule has 4 aromatic heterocycles. The van der Waals surface area contributed by atoms with Crippen LogP contribution >= 0.6 is 0 Å². The first-order valence-corrected chi connectivity index (χ1v) is 10.5. The Morgan fingerprint density at radius 2 is 1.81 bits per heavy atom. The summed E-state index contributed by atoms with van der Waals surface area (Å²) in [5.74, 6) is 1.85. The van der Waals surface area contributed by atoms with Crippen LogP contribution in [0.15, 0.2) is 85.5 Å². The summed E-state index contributed by atoms with van der Waals surface area (Å²) in [6.07, 6.45) is 8.46. The average molecular weight is 398 g/mol. The van der Waals surface area contributed by atoms with Gasteiger partial charge in [-0.3, -0.25) is 4.98 Å². The van der Waals surface area contributed by atoms with E-state index >= 15 is 0 Å². The number of hydrogen-bond acceptors (Lipinski definition) is 2. The van der Waals surface area contributed by atoms with Crippen molar-refractivity contribution in [2.24, 2.45) is 0 Å². The molecule has 9 rings (SSSR count). The Kier molecular flexibility index (Phi) is 2.09. The minimum atomic E-state index is -0.496. The van der Waals surface area contributed by atoms with Gasteiger partial charge in [0.1, 0.15) is 40.5 Å². The molecule has 1 atom stereocenters. The number of ether oxygens (including phenoxy) is 1. The van der Waals surface area contributed by atoms with E-state index in [2.05, 4.69) is 86.7 Å². The number of pyridine rings is 3. The summed E-state index contributed by atoms with van der Waals surface area (Å²) in [5.41, 5.74) is 7.67. The van der Waals surface area contributed by atoms with Gasteiger partial charge in [0.2, 0.25) is 5.69 Å². The Hall–Kier alpha value is -4.25. The third-order valence-electron chi connectivity index (χ3n) is 7.29. The van der Waals surface area contributed by atoms with Crippen molar-refractivity contribution in [2.45, 2.75) is 5.66 Å². The molecule has 0 amide bonds. The quantitative estimate of drug-likeness (QED) is 0.287. The van der Waals surface area contributed by atoms with Gasteiger partial charge in [0, 0.05) is 23.7 Å². The van der Waals surface area contributed by atoms with Gasteiger partial charge < -0.3 is 4.74 Å². The van der Waals surface area contributed by atoms with Crippen molar-refractivity contribution in [2.75, 3.05) is 0 Å². The second kappa shape index (κ2) is 4.42. The lowest BCUT2D eigenvalue weighted by Crippen LogP contribution is -2.71. The molecule has 6 aromatic rings. The molecule has 31 heavy (non-hydrogen) atoms. The molecule has 0 aliphatic carbocycles. The average Bonchev–Trinajstić information content (AvgIpc) is 3.48. The molecule has 0 fully saturated rings. The van der Waals surface area contributed by atoms with E-state index in [0.717, 1.165) is 22.5 Å². The molecule has 1 spiro atoms. The Bertz CT molecular complexity index is 1830. The highest BCUT2D eigenvalue weighted by Crippen LogP contribution is 2.56. The fourth-order valence-electron chi connectivity index (χ4n) is 6.31. The predicted octanol–water partition coefficient (Wildman–Crippen LogP) is 3.91. The van der Waals surface area contributed by atoms with Gasteiger partial charge in [-0.25, -0.2) is 0 Å². The number of rotatable bonds is 0. The predicted molar refractivity (Wildman–Crippen MR) is 114 cm³/mol. The number of benzene rings is 2. The Balaban J connectivity index is 1.65. The fraction of sp³-hybridized carbons (Fsp3) is 0.0385. The molecule has 3 aliphatic rings. The van der Waals surface area contributed by atoms with Crippen LogP contribution in [0.2, 0.25) is 0 Å². The summed E-state index contributed by atoms with van der Waals surface area (Å²) >= 11 is 0. The number of hydrogen-bond donors (Lipinski definition) is 0. The maximum Gasteiger partial charge on any atom is 0.371 e. The normalized spacial score (nSPS) is 18.7. The van der Waals surface area contributed by atoms with E-state index < -0.39 is 5.66 Å². The molecular weight excluding hydrogens is 384 g/mol. The van der Waals surface area contributed by atoms with Crippen molar-refractivity contribution in [3.8, 4) is 22.8 Å². The SMILES string of the molecule is c1cc2c3c(c1)-c1cccc[n+]1C31c3c(ccc4c5ncccc5n5cc[n+]1c5c34)O2. The molecule has 0 radical (unpaired) electrons. The number of imidazole rings is 1. The smallest absolute Gasteiger partial charge is 0.371 e. The molecule has 2 aromatic carbocycles. The monoisotopic (exact) mass is 398 g/mol. The molecular formula is C26H14N4O+2. The van der Waals surface area contributed by atoms with Gasteiger partial charge in [-0.2, -0.15) is 8.97 Å². The second-order valence-electron chi connectivity index (χ2n) is 8.50. The molecule has 1 unspecified atom stereocenters. The van der Waals surface area contributed by atoms with Crippen LogP contribution in [0.4, 0.5) is 0 Å². The van der Waals surface area contributed by atoms with Crippen LogP contribution in [0, 0.1) is 0 Å². The minimum Gasteiger partial charge on any atom is -0.456 e. The lowest BCUT2D eigenvalue weighted by atomic mass is 9.86. The molecule has 0 saturated carbocycles. The topological polar surface area (TPSA) is 34.3 Å². The van der Waals surface area contributed by atoms with Crippen LogP contribution in [0.1, 0.15) is 11.1 Å². The van der Waals surface area contributed by atoms with E-state index in [1.54, 1.807) is 0 Å². The summed E-state index contributed by atoms with van der Waals surface area (Å²) < 4.78 is 13.7. The molecule has 142 valence electrons. The van der Waals surface area contributed by atoms with Gasteiger partial charge in [-0.1, -0.05) is 6.07 Å². The van der Waals surface area contributed by atoms with Gasteiger partial charge in [0.25, 0.3) is 0 Å². The summed E-state index contributed by atoms with van der Waals surface area (Å²) in [6, 6.07) is 21.3. The zero-order valence-corrected chi connectivity index (χ0v) is 16.3. The van der Waals surface area contributed by atoms with Crippen molar-refractivity contribution in [1.82, 2.24) is 9.38 Å². The summed E-state index contributed by atoms with van der Waals surface area (Å²) in [6.45, 7) is 0. The van der Waals surface area contributed by atoms with Gasteiger partial charge in [0.15, 0.2) is 11.7 Å². The van der Waals surface area contributed by atoms with Gasteiger partial charge in [0.05, 0.1) is 10.9 Å². The summed E-state index contributed by atoms with van der Waals surface area (Å²) in [4.78, 5) is 4.77. The molecule has 7 heterocycles. The van der Waals surface area contributed by atoms with Crippen LogP contribution in [0.5, 0.6) is 11.5 Å². The van der Waals surface area contributed by atoms with Crippen LogP contribution in [-0.2, 0) is 5.66 Å². The Labute approximate surface area is 176 Å². The van der Waals surface area contributed by atoms with E-state index in [0.29, 0.717) is 0 Å². The molecule has 0 bridgehead atoms. The van der Waals surface area contributed by atoms with Crippen LogP contribution in [0.3, 0.4) is 0 Å². The first-order chi connectivity index (χ1) is 15.4. The highest BCUT2D eigenvalue weighted by Gasteiger charge is 2.67. The zero-order chi connectivity index (χ0) is 19.9. The molecule has 5 nitrogen and oxygen atoms in total. The zero-order valence-electron chi connectivity index (χ0n) is 16.3. The summed E-state index contributed by atoms with van der Waals surface area (Å²) in [5, 5.41) is 2.39. The van der Waals surface area contributed by atoms with E-state index in [-0.39, 0.29) is 0 Å². The van der Waals surface area contributed by atoms with Gasteiger partial charge in [-0.15, -0.1) is 4.57 Å². The minimum absolute atomic E-state index is 0.496. The first-order valence-electron chi connectivity index (χ1n) is 10.5. The number of fused-ring (bicyclic) bond motifs is 5. The van der Waals surface area contributed by atoms with Crippen LogP contribution < -0.4 is 13.9 Å². The van der Waals surface area contributed by atoms with E-state index in [4.69, 9.17) is 9.72 Å². The standard InChI is InChI=1S/C26H14N4O/c1-2-12-29-17(6-1)15-5-3-8-19-22(15)26(29)23-20(31-19)10-9-16-21(23)25-28(13-14-30(25)26)18-7-4-11-27-24(16)18/h1-14H/q+2. The van der Waals surface area contributed by atoms with E-state index in [9.17, 15) is 0 Å². The van der Waals surface area contributed by atoms with E-state index in [1.807, 2.05) is 12.3 Å². The Morgan fingerprint density at radius 3 is 2.81 bits per heavy atom. The highest BCUT2D eigenvalue weighted by atomic mass is 16.5. The first kappa shape index (κ1) is 14.7. The van der Waals surface area contributed by atoms with Crippen molar-refractivity contribution >= 4 is 27.5 Å². The second-order valence-corrected chi connectivity index (χ2v) is 8.50. The third-order valence-corrected chi connectivity index (χ3v) is 7.29. The van der Waals surface area contributed by atoms with Crippen molar-refractivity contribution in [3.05, 3.63) is 96.6 Å². The van der Waals surface area contributed by atoms with Crippen LogP contribution in [-0.4, -0.2) is 9.38 Å². The lowest BCUT2D eigenvalue weighted by Gasteiger charge is -2.27. The molecule has 3 aliphatic heterocycles. The largest absolute Gasteiger partial charge is 0.456 e. The van der Waals surface area contributed by atoms with E-state index in [1.165, 1.54) is 38.8 Å².